The van der Waals surface area contributed by atoms with E-state index >= 15 is 0 Å². The van der Waals surface area contributed by atoms with Crippen LogP contribution in [0.25, 0.3) is 11.1 Å². The number of rotatable bonds is 6. The molecule has 2 aliphatic heterocycles. The number of anilines is 2. The summed E-state index contributed by atoms with van der Waals surface area (Å²) in [6.45, 7) is 3.63. The standard InChI is InChI=1S/C25H24F2N4O4/c1-33-21-11-16(26)5-6-17(21)18-12-22(28-13-19(18)27)30-25-24(32)29-20-4-2-3-15(23(20)35-25)14-31-7-9-34-10-8-31/h2-6,11-13,25H,7-10,14H2,1H3,(H,28,30)(H,29,32). The van der Waals surface area contributed by atoms with Gasteiger partial charge in [0.15, 0.2) is 5.75 Å². The molecule has 0 radical (unpaired) electrons. The molecular formula is C25H24F2N4O4. The number of halogens is 2. The van der Waals surface area contributed by atoms with Gasteiger partial charge in [-0.1, -0.05) is 12.1 Å². The van der Waals surface area contributed by atoms with Gasteiger partial charge in [0.25, 0.3) is 12.1 Å². The fourth-order valence-corrected chi connectivity index (χ4v) is 4.16. The molecule has 2 aromatic carbocycles. The summed E-state index contributed by atoms with van der Waals surface area (Å²) >= 11 is 0. The number of aromatic nitrogens is 1. The zero-order valence-electron chi connectivity index (χ0n) is 19.0. The Bertz CT molecular complexity index is 1250. The summed E-state index contributed by atoms with van der Waals surface area (Å²) in [5.41, 5.74) is 2.01. The number of nitrogens with zero attached hydrogens (tertiary/aromatic N) is 2. The second-order valence-corrected chi connectivity index (χ2v) is 8.21. The fraction of sp³-hybridized carbons (Fsp3) is 0.280. The second-order valence-electron chi connectivity index (χ2n) is 8.21. The van der Waals surface area contributed by atoms with Crippen molar-refractivity contribution in [2.24, 2.45) is 0 Å². The van der Waals surface area contributed by atoms with E-state index in [1.54, 1.807) is 6.07 Å². The molecule has 8 nitrogen and oxygen atoms in total. The highest BCUT2D eigenvalue weighted by atomic mass is 19.1. The molecule has 35 heavy (non-hydrogen) atoms. The number of para-hydroxylation sites is 1. The maximum Gasteiger partial charge on any atom is 0.287 e. The van der Waals surface area contributed by atoms with Gasteiger partial charge in [-0.05, 0) is 24.3 Å². The summed E-state index contributed by atoms with van der Waals surface area (Å²) < 4.78 is 44.9. The molecule has 182 valence electrons. The highest BCUT2D eigenvalue weighted by Crippen LogP contribution is 2.36. The molecule has 3 aromatic rings. The van der Waals surface area contributed by atoms with E-state index in [0.717, 1.165) is 24.8 Å². The lowest BCUT2D eigenvalue weighted by molar-refractivity contribution is -0.122. The molecular weight excluding hydrogens is 458 g/mol. The van der Waals surface area contributed by atoms with Gasteiger partial charge >= 0.3 is 0 Å². The van der Waals surface area contributed by atoms with E-state index in [9.17, 15) is 13.6 Å². The van der Waals surface area contributed by atoms with Crippen LogP contribution in [0, 0.1) is 11.6 Å². The van der Waals surface area contributed by atoms with E-state index in [0.29, 0.717) is 36.8 Å². The molecule has 1 aromatic heterocycles. The van der Waals surface area contributed by atoms with Gasteiger partial charge in [0.05, 0.1) is 32.2 Å². The van der Waals surface area contributed by atoms with E-state index in [-0.39, 0.29) is 17.1 Å². The molecule has 1 amide bonds. The maximum absolute atomic E-state index is 14.6. The van der Waals surface area contributed by atoms with Crippen molar-refractivity contribution < 1.29 is 27.8 Å². The van der Waals surface area contributed by atoms with Crippen LogP contribution >= 0.6 is 0 Å². The number of carbonyl (C=O) groups excluding carboxylic acids is 1. The van der Waals surface area contributed by atoms with Crippen LogP contribution in [0.4, 0.5) is 20.3 Å². The average molecular weight is 482 g/mol. The van der Waals surface area contributed by atoms with Crippen LogP contribution in [0.5, 0.6) is 11.5 Å². The second kappa shape index (κ2) is 9.85. The van der Waals surface area contributed by atoms with E-state index in [1.165, 1.54) is 31.4 Å². The van der Waals surface area contributed by atoms with Crippen molar-refractivity contribution in [1.82, 2.24) is 9.88 Å². The van der Waals surface area contributed by atoms with E-state index in [1.807, 2.05) is 12.1 Å². The number of pyridine rings is 1. The predicted molar refractivity (Wildman–Crippen MR) is 125 cm³/mol. The first-order chi connectivity index (χ1) is 17.0. The molecule has 0 aliphatic carbocycles. The third-order valence-electron chi connectivity index (χ3n) is 5.91. The molecule has 1 saturated heterocycles. The minimum absolute atomic E-state index is 0.143. The van der Waals surface area contributed by atoms with Gasteiger partial charge in [0, 0.05) is 42.4 Å². The number of nitrogens with one attached hydrogen (secondary N) is 2. The van der Waals surface area contributed by atoms with Crippen LogP contribution in [0.1, 0.15) is 5.56 Å². The average Bonchev–Trinajstić information content (AvgIpc) is 2.86. The van der Waals surface area contributed by atoms with Crippen LogP contribution in [0.2, 0.25) is 0 Å². The Hall–Kier alpha value is -3.76. The molecule has 2 aliphatic rings. The Morgan fingerprint density at radius 2 is 2.00 bits per heavy atom. The zero-order chi connectivity index (χ0) is 24.4. The molecule has 0 saturated carbocycles. The maximum atomic E-state index is 14.6. The highest BCUT2D eigenvalue weighted by Gasteiger charge is 2.30. The lowest BCUT2D eigenvalue weighted by Crippen LogP contribution is -2.43. The van der Waals surface area contributed by atoms with Gasteiger partial charge in [0.2, 0.25) is 0 Å². The number of ether oxygens (including phenoxy) is 3. The number of carbonyl (C=O) groups is 1. The summed E-state index contributed by atoms with van der Waals surface area (Å²) in [5, 5.41) is 5.78. The van der Waals surface area contributed by atoms with Crippen LogP contribution in [0.3, 0.4) is 0 Å². The number of hydrogen-bond acceptors (Lipinski definition) is 7. The van der Waals surface area contributed by atoms with Crippen molar-refractivity contribution in [3.63, 3.8) is 0 Å². The lowest BCUT2D eigenvalue weighted by Gasteiger charge is -2.31. The van der Waals surface area contributed by atoms with Crippen molar-refractivity contribution in [2.45, 2.75) is 12.8 Å². The van der Waals surface area contributed by atoms with Crippen molar-refractivity contribution in [1.29, 1.82) is 0 Å². The summed E-state index contributed by atoms with van der Waals surface area (Å²) in [5.74, 6) is -0.576. The molecule has 10 heteroatoms. The lowest BCUT2D eigenvalue weighted by atomic mass is 10.0. The molecule has 5 rings (SSSR count). The van der Waals surface area contributed by atoms with Crippen LogP contribution in [0.15, 0.2) is 48.7 Å². The van der Waals surface area contributed by atoms with E-state index in [4.69, 9.17) is 14.2 Å². The zero-order valence-corrected chi connectivity index (χ0v) is 19.0. The van der Waals surface area contributed by atoms with Gasteiger partial charge in [-0.3, -0.25) is 9.69 Å². The third-order valence-corrected chi connectivity index (χ3v) is 5.91. The number of hydrogen-bond donors (Lipinski definition) is 2. The van der Waals surface area contributed by atoms with Crippen molar-refractivity contribution in [3.05, 3.63) is 65.9 Å². The SMILES string of the molecule is COc1cc(F)ccc1-c1cc(NC2Oc3c(CN4CCOCC4)cccc3NC2=O)ncc1F. The first-order valence-corrected chi connectivity index (χ1v) is 11.2. The Morgan fingerprint density at radius 1 is 1.17 bits per heavy atom. The highest BCUT2D eigenvalue weighted by molar-refractivity contribution is 5.99. The van der Waals surface area contributed by atoms with Gasteiger partial charge < -0.3 is 24.8 Å². The molecule has 1 atom stereocenters. The van der Waals surface area contributed by atoms with Crippen LogP contribution < -0.4 is 20.1 Å². The van der Waals surface area contributed by atoms with Gasteiger partial charge in [-0.25, -0.2) is 13.8 Å². The first-order valence-electron chi connectivity index (χ1n) is 11.2. The topological polar surface area (TPSA) is 85.0 Å². The molecule has 2 N–H and O–H groups in total. The van der Waals surface area contributed by atoms with Gasteiger partial charge in [-0.2, -0.15) is 0 Å². The molecule has 1 unspecified atom stereocenters. The minimum atomic E-state index is -1.09. The Balaban J connectivity index is 1.39. The quantitative estimate of drug-likeness (QED) is 0.555. The molecule has 0 bridgehead atoms. The Kier molecular flexibility index (Phi) is 6.47. The summed E-state index contributed by atoms with van der Waals surface area (Å²) in [7, 11) is 1.38. The van der Waals surface area contributed by atoms with E-state index in [2.05, 4.69) is 20.5 Å². The van der Waals surface area contributed by atoms with Crippen molar-refractivity contribution >= 4 is 17.4 Å². The number of benzene rings is 2. The third kappa shape index (κ3) is 4.89. The predicted octanol–water partition coefficient (Wildman–Crippen LogP) is 3.64. The number of morpholine rings is 1. The van der Waals surface area contributed by atoms with Crippen molar-refractivity contribution in [3.8, 4) is 22.6 Å². The van der Waals surface area contributed by atoms with Crippen molar-refractivity contribution in [2.75, 3.05) is 44.0 Å². The number of fused-ring (bicyclic) bond motifs is 1. The molecule has 0 spiro atoms. The first kappa shape index (κ1) is 23.0. The van der Waals surface area contributed by atoms with Crippen LogP contribution in [-0.4, -0.2) is 55.4 Å². The minimum Gasteiger partial charge on any atom is -0.496 e. The summed E-state index contributed by atoms with van der Waals surface area (Å²) in [4.78, 5) is 19.0. The van der Waals surface area contributed by atoms with Gasteiger partial charge in [-0.15, -0.1) is 0 Å². The number of methoxy groups -OCH3 is 1. The number of amides is 1. The monoisotopic (exact) mass is 482 g/mol. The smallest absolute Gasteiger partial charge is 0.287 e. The van der Waals surface area contributed by atoms with Crippen LogP contribution in [-0.2, 0) is 16.1 Å². The fourth-order valence-electron chi connectivity index (χ4n) is 4.16. The normalized spacial score (nSPS) is 17.8. The van der Waals surface area contributed by atoms with Gasteiger partial charge in [0.1, 0.15) is 23.2 Å². The largest absolute Gasteiger partial charge is 0.496 e. The Morgan fingerprint density at radius 3 is 2.80 bits per heavy atom. The molecule has 1 fully saturated rings. The van der Waals surface area contributed by atoms with E-state index < -0.39 is 23.8 Å². The summed E-state index contributed by atoms with van der Waals surface area (Å²) in [6.07, 6.45) is -0.0619. The Labute approximate surface area is 200 Å². The molecule has 3 heterocycles. The summed E-state index contributed by atoms with van der Waals surface area (Å²) in [6, 6.07) is 10.8.